The highest BCUT2D eigenvalue weighted by Gasteiger charge is 2.13. The van der Waals surface area contributed by atoms with E-state index in [1.807, 2.05) is 33.9 Å². The van der Waals surface area contributed by atoms with Crippen LogP contribution in [0.2, 0.25) is 0 Å². The van der Waals surface area contributed by atoms with Crippen molar-refractivity contribution < 1.29 is 9.90 Å². The molecule has 1 rings (SSSR count). The maximum Gasteiger partial charge on any atom is 0.339 e. The summed E-state index contributed by atoms with van der Waals surface area (Å²) < 4.78 is 1.59. The first kappa shape index (κ1) is 15.7. The molecule has 0 aliphatic carbocycles. The van der Waals surface area contributed by atoms with Gasteiger partial charge >= 0.3 is 5.97 Å². The molecule has 0 amide bonds. The number of aliphatic carboxylic acids is 1. The molecule has 108 valence electrons. The number of hydrogen-bond donors (Lipinski definition) is 2. The van der Waals surface area contributed by atoms with Gasteiger partial charge < -0.3 is 10.8 Å². The number of nitrogens with zero attached hydrogens (tertiary/aromatic N) is 3. The zero-order valence-corrected chi connectivity index (χ0v) is 12.2. The summed E-state index contributed by atoms with van der Waals surface area (Å²) in [6, 6.07) is 0. The lowest BCUT2D eigenvalue weighted by molar-refractivity contribution is -0.132. The molecule has 6 nitrogen and oxygen atoms in total. The summed E-state index contributed by atoms with van der Waals surface area (Å²) in [6.07, 6.45) is 5.62. The van der Waals surface area contributed by atoms with Gasteiger partial charge in [-0.25, -0.2) is 14.5 Å². The third-order valence-electron chi connectivity index (χ3n) is 2.52. The van der Waals surface area contributed by atoms with Crippen molar-refractivity contribution in [2.45, 2.75) is 34.1 Å². The van der Waals surface area contributed by atoms with E-state index in [9.17, 15) is 4.79 Å². The Morgan fingerprint density at radius 3 is 2.60 bits per heavy atom. The lowest BCUT2D eigenvalue weighted by Gasteiger charge is -2.07. The van der Waals surface area contributed by atoms with E-state index in [1.54, 1.807) is 10.9 Å². The highest BCUT2D eigenvalue weighted by atomic mass is 16.4. The van der Waals surface area contributed by atoms with Crippen LogP contribution in [0.5, 0.6) is 0 Å². The average Bonchev–Trinajstić information content (AvgIpc) is 2.78. The monoisotopic (exact) mass is 276 g/mol. The summed E-state index contributed by atoms with van der Waals surface area (Å²) in [5.74, 6) is -0.583. The Hall–Kier alpha value is -2.37. The second kappa shape index (κ2) is 6.70. The Bertz CT molecular complexity index is 590. The van der Waals surface area contributed by atoms with E-state index in [-0.39, 0.29) is 11.4 Å². The van der Waals surface area contributed by atoms with Gasteiger partial charge in [0.05, 0.1) is 11.8 Å². The summed E-state index contributed by atoms with van der Waals surface area (Å²) >= 11 is 0. The first-order chi connectivity index (χ1) is 9.36. The molecule has 0 atom stereocenters. The maximum atomic E-state index is 11.2. The van der Waals surface area contributed by atoms with Gasteiger partial charge in [0.25, 0.3) is 0 Å². The number of aliphatic imine (C=N–C) groups is 1. The van der Waals surface area contributed by atoms with E-state index in [1.165, 1.54) is 6.08 Å². The molecule has 0 radical (unpaired) electrons. The Morgan fingerprint density at radius 1 is 1.55 bits per heavy atom. The number of carbonyl (C=O) groups is 1. The number of amidine groups is 1. The van der Waals surface area contributed by atoms with Gasteiger partial charge in [0.15, 0.2) is 5.82 Å². The topological polar surface area (TPSA) is 93.5 Å². The molecule has 3 N–H and O–H groups in total. The van der Waals surface area contributed by atoms with Crippen LogP contribution in [0.15, 0.2) is 34.6 Å². The Morgan fingerprint density at radius 2 is 2.20 bits per heavy atom. The lowest BCUT2D eigenvalue weighted by atomic mass is 10.2. The molecule has 0 saturated carbocycles. The van der Waals surface area contributed by atoms with E-state index in [4.69, 9.17) is 10.8 Å². The lowest BCUT2D eigenvalue weighted by Crippen LogP contribution is -2.22. The highest BCUT2D eigenvalue weighted by Crippen LogP contribution is 2.13. The SMILES string of the molecule is CC/C=C(C(=O)O)/C(N)=N\C(=C(C)C)n1cc(C)cn1. The normalized spacial score (nSPS) is 12.4. The third kappa shape index (κ3) is 3.81. The molecule has 0 spiro atoms. The van der Waals surface area contributed by atoms with Crippen molar-refractivity contribution in [1.29, 1.82) is 0 Å². The van der Waals surface area contributed by atoms with Crippen molar-refractivity contribution in [3.05, 3.63) is 35.2 Å². The fraction of sp³-hybridized carbons (Fsp3) is 0.357. The minimum Gasteiger partial charge on any atom is -0.478 e. The number of aromatic nitrogens is 2. The van der Waals surface area contributed by atoms with Gasteiger partial charge in [0, 0.05) is 6.20 Å². The summed E-state index contributed by atoms with van der Waals surface area (Å²) in [4.78, 5) is 15.4. The van der Waals surface area contributed by atoms with E-state index >= 15 is 0 Å². The van der Waals surface area contributed by atoms with Gasteiger partial charge in [0.2, 0.25) is 0 Å². The Kier molecular flexibility index (Phi) is 5.25. The standard InChI is InChI=1S/C14H20N4O2/c1-5-6-11(14(19)20)12(15)17-13(9(2)3)18-8-10(4)7-16-18/h6-8H,5H2,1-4H3,(H2,15,17)(H,19,20)/b11-6-. The predicted molar refractivity (Wildman–Crippen MR) is 79.2 cm³/mol. The Labute approximate surface area is 118 Å². The van der Waals surface area contributed by atoms with Crippen LogP contribution >= 0.6 is 0 Å². The van der Waals surface area contributed by atoms with Crippen LogP contribution in [-0.4, -0.2) is 26.7 Å². The van der Waals surface area contributed by atoms with Crippen molar-refractivity contribution in [1.82, 2.24) is 9.78 Å². The summed E-state index contributed by atoms with van der Waals surface area (Å²) in [5, 5.41) is 13.3. The predicted octanol–water partition coefficient (Wildman–Crippen LogP) is 2.18. The molecular formula is C14H20N4O2. The highest BCUT2D eigenvalue weighted by molar-refractivity contribution is 6.18. The van der Waals surface area contributed by atoms with E-state index in [0.29, 0.717) is 12.2 Å². The summed E-state index contributed by atoms with van der Waals surface area (Å²) in [7, 11) is 0. The zero-order chi connectivity index (χ0) is 15.3. The van der Waals surface area contributed by atoms with Crippen molar-refractivity contribution in [3.63, 3.8) is 0 Å². The molecule has 0 saturated heterocycles. The van der Waals surface area contributed by atoms with Crippen LogP contribution in [0.4, 0.5) is 0 Å². The van der Waals surface area contributed by atoms with Crippen LogP contribution in [0.25, 0.3) is 5.82 Å². The molecular weight excluding hydrogens is 256 g/mol. The Balaban J connectivity index is 3.26. The van der Waals surface area contributed by atoms with Gasteiger partial charge in [-0.2, -0.15) is 5.10 Å². The first-order valence-electron chi connectivity index (χ1n) is 6.34. The third-order valence-corrected chi connectivity index (χ3v) is 2.52. The molecule has 1 aromatic rings. The van der Waals surface area contributed by atoms with Crippen LogP contribution in [-0.2, 0) is 4.79 Å². The van der Waals surface area contributed by atoms with Gasteiger partial charge in [-0.3, -0.25) is 0 Å². The molecule has 0 aliphatic heterocycles. The van der Waals surface area contributed by atoms with Crippen LogP contribution in [0.1, 0.15) is 32.8 Å². The number of rotatable bonds is 5. The second-order valence-corrected chi connectivity index (χ2v) is 4.61. The molecule has 0 bridgehead atoms. The molecule has 0 unspecified atom stereocenters. The molecule has 0 aromatic carbocycles. The average molecular weight is 276 g/mol. The fourth-order valence-corrected chi connectivity index (χ4v) is 1.60. The zero-order valence-electron chi connectivity index (χ0n) is 12.2. The molecule has 6 heteroatoms. The van der Waals surface area contributed by atoms with E-state index in [0.717, 1.165) is 11.1 Å². The smallest absolute Gasteiger partial charge is 0.339 e. The minimum atomic E-state index is -1.09. The molecule has 1 heterocycles. The van der Waals surface area contributed by atoms with E-state index < -0.39 is 5.97 Å². The summed E-state index contributed by atoms with van der Waals surface area (Å²) in [6.45, 7) is 7.49. The molecule has 0 fully saturated rings. The van der Waals surface area contributed by atoms with E-state index in [2.05, 4.69) is 10.1 Å². The van der Waals surface area contributed by atoms with Crippen LogP contribution < -0.4 is 5.73 Å². The van der Waals surface area contributed by atoms with Gasteiger partial charge in [-0.15, -0.1) is 0 Å². The quantitative estimate of drug-likeness (QED) is 0.489. The van der Waals surface area contributed by atoms with Gasteiger partial charge in [-0.05, 0) is 38.3 Å². The maximum absolute atomic E-state index is 11.2. The number of carboxylic acids is 1. The first-order valence-corrected chi connectivity index (χ1v) is 6.34. The van der Waals surface area contributed by atoms with Gasteiger partial charge in [-0.1, -0.05) is 13.0 Å². The molecule has 20 heavy (non-hydrogen) atoms. The molecule has 1 aromatic heterocycles. The fourth-order valence-electron chi connectivity index (χ4n) is 1.60. The number of aryl methyl sites for hydroxylation is 1. The molecule has 0 aliphatic rings. The summed E-state index contributed by atoms with van der Waals surface area (Å²) in [5.41, 5.74) is 7.70. The van der Waals surface area contributed by atoms with Crippen LogP contribution in [0, 0.1) is 6.92 Å². The number of carboxylic acid groups (broad SMARTS) is 1. The van der Waals surface area contributed by atoms with Crippen molar-refractivity contribution in [2.24, 2.45) is 10.7 Å². The number of hydrogen-bond acceptors (Lipinski definition) is 3. The number of allylic oxidation sites excluding steroid dienone is 2. The van der Waals surface area contributed by atoms with Crippen molar-refractivity contribution >= 4 is 17.6 Å². The van der Waals surface area contributed by atoms with Crippen LogP contribution in [0.3, 0.4) is 0 Å². The second-order valence-electron chi connectivity index (χ2n) is 4.61. The number of nitrogens with two attached hydrogens (primary N) is 1. The van der Waals surface area contributed by atoms with Crippen molar-refractivity contribution in [2.75, 3.05) is 0 Å². The van der Waals surface area contributed by atoms with Gasteiger partial charge in [0.1, 0.15) is 5.84 Å². The largest absolute Gasteiger partial charge is 0.478 e. The minimum absolute atomic E-state index is 0.00938. The van der Waals surface area contributed by atoms with Crippen molar-refractivity contribution in [3.8, 4) is 0 Å².